The van der Waals surface area contributed by atoms with Crippen LogP contribution in [0.15, 0.2) is 12.3 Å². The summed E-state index contributed by atoms with van der Waals surface area (Å²) in [6.07, 6.45) is 3.68. The van der Waals surface area contributed by atoms with Crippen LogP contribution in [0.1, 0.15) is 6.92 Å². The zero-order valence-electron chi connectivity index (χ0n) is 6.44. The fourth-order valence-corrected chi connectivity index (χ4v) is 0.534. The summed E-state index contributed by atoms with van der Waals surface area (Å²) >= 11 is 0. The van der Waals surface area contributed by atoms with Crippen molar-refractivity contribution < 1.29 is 9.47 Å². The lowest BCUT2D eigenvalue weighted by atomic mass is 10.6. The summed E-state index contributed by atoms with van der Waals surface area (Å²) < 4.78 is 10.0. The SMILES string of the molecule is COC(C)Oc1ccn[c]n1. The van der Waals surface area contributed by atoms with Crippen molar-refractivity contribution in [2.45, 2.75) is 13.2 Å². The van der Waals surface area contributed by atoms with Gasteiger partial charge in [0.25, 0.3) is 0 Å². The Hall–Kier alpha value is -1.16. The highest BCUT2D eigenvalue weighted by molar-refractivity contribution is 5.03. The Bertz CT molecular complexity index is 203. The maximum absolute atomic E-state index is 5.16. The Labute approximate surface area is 65.2 Å². The van der Waals surface area contributed by atoms with Gasteiger partial charge in [-0.3, -0.25) is 0 Å². The molecule has 0 aliphatic rings. The van der Waals surface area contributed by atoms with E-state index in [1.54, 1.807) is 26.3 Å². The molecule has 0 aliphatic carbocycles. The van der Waals surface area contributed by atoms with E-state index in [0.29, 0.717) is 5.88 Å². The van der Waals surface area contributed by atoms with Crippen molar-refractivity contribution in [1.29, 1.82) is 0 Å². The molecule has 0 amide bonds. The molecule has 0 aliphatic heterocycles. The fraction of sp³-hybridized carbons (Fsp3) is 0.429. The predicted molar refractivity (Wildman–Crippen MR) is 38.0 cm³/mol. The fourth-order valence-electron chi connectivity index (χ4n) is 0.534. The molecule has 0 N–H and O–H groups in total. The van der Waals surface area contributed by atoms with Crippen LogP contribution in [-0.4, -0.2) is 23.4 Å². The van der Waals surface area contributed by atoms with Gasteiger partial charge in [-0.1, -0.05) is 0 Å². The van der Waals surface area contributed by atoms with Crippen LogP contribution < -0.4 is 4.74 Å². The highest BCUT2D eigenvalue weighted by atomic mass is 16.7. The average molecular weight is 153 g/mol. The molecule has 1 atom stereocenters. The lowest BCUT2D eigenvalue weighted by Gasteiger charge is -2.10. The number of ether oxygens (including phenoxy) is 2. The zero-order valence-corrected chi connectivity index (χ0v) is 6.44. The molecule has 0 fully saturated rings. The minimum atomic E-state index is -0.293. The van der Waals surface area contributed by atoms with Crippen LogP contribution in [0, 0.1) is 6.33 Å². The molecule has 0 aromatic carbocycles. The second-order valence-corrected chi connectivity index (χ2v) is 1.92. The van der Waals surface area contributed by atoms with Crippen LogP contribution in [0.2, 0.25) is 0 Å². The molecule has 1 unspecified atom stereocenters. The molecule has 4 nitrogen and oxygen atoms in total. The number of nitrogens with zero attached hydrogens (tertiary/aromatic N) is 2. The first-order chi connectivity index (χ1) is 5.33. The van der Waals surface area contributed by atoms with Gasteiger partial charge in [-0.05, 0) is 6.92 Å². The standard InChI is InChI=1S/C7H9N2O2/c1-6(10-2)11-7-3-4-8-5-9-7/h3-4,6H,1-2H3. The number of methoxy groups -OCH3 is 1. The monoisotopic (exact) mass is 153 g/mol. The number of aromatic nitrogens is 2. The van der Waals surface area contributed by atoms with Gasteiger partial charge in [0.1, 0.15) is 0 Å². The molecule has 0 bridgehead atoms. The molecule has 11 heavy (non-hydrogen) atoms. The van der Waals surface area contributed by atoms with E-state index in [9.17, 15) is 0 Å². The summed E-state index contributed by atoms with van der Waals surface area (Å²) in [6.45, 7) is 1.78. The molecule has 1 heterocycles. The van der Waals surface area contributed by atoms with Gasteiger partial charge in [0.05, 0.1) is 0 Å². The lowest BCUT2D eigenvalue weighted by Crippen LogP contribution is -2.14. The van der Waals surface area contributed by atoms with Crippen LogP contribution in [0.25, 0.3) is 0 Å². The Morgan fingerprint density at radius 1 is 1.64 bits per heavy atom. The first-order valence-electron chi connectivity index (χ1n) is 3.21. The van der Waals surface area contributed by atoms with Crippen LogP contribution in [0.5, 0.6) is 5.88 Å². The van der Waals surface area contributed by atoms with Gasteiger partial charge in [0.2, 0.25) is 12.2 Å². The van der Waals surface area contributed by atoms with Crippen molar-refractivity contribution >= 4 is 0 Å². The molecular weight excluding hydrogens is 144 g/mol. The number of hydrogen-bond acceptors (Lipinski definition) is 4. The van der Waals surface area contributed by atoms with E-state index >= 15 is 0 Å². The maximum atomic E-state index is 5.16. The molecule has 0 spiro atoms. The second-order valence-electron chi connectivity index (χ2n) is 1.92. The van der Waals surface area contributed by atoms with E-state index in [-0.39, 0.29) is 6.29 Å². The topological polar surface area (TPSA) is 44.2 Å². The molecule has 4 heteroatoms. The third kappa shape index (κ3) is 2.51. The molecule has 0 saturated carbocycles. The van der Waals surface area contributed by atoms with Gasteiger partial charge in [-0.15, -0.1) is 0 Å². The Morgan fingerprint density at radius 3 is 3.00 bits per heavy atom. The van der Waals surface area contributed by atoms with E-state index in [0.717, 1.165) is 0 Å². The van der Waals surface area contributed by atoms with Crippen LogP contribution in [0.4, 0.5) is 0 Å². The van der Waals surface area contributed by atoms with Crippen molar-refractivity contribution in [3.8, 4) is 5.88 Å². The first kappa shape index (κ1) is 7.94. The first-order valence-corrected chi connectivity index (χ1v) is 3.21. The largest absolute Gasteiger partial charge is 0.448 e. The molecule has 1 rings (SSSR count). The molecule has 0 saturated heterocycles. The average Bonchev–Trinajstić information content (AvgIpc) is 2.06. The number of hydrogen-bond donors (Lipinski definition) is 0. The van der Waals surface area contributed by atoms with Crippen LogP contribution in [-0.2, 0) is 4.74 Å². The predicted octanol–water partition coefficient (Wildman–Crippen LogP) is 0.648. The Morgan fingerprint density at radius 2 is 2.45 bits per heavy atom. The summed E-state index contributed by atoms with van der Waals surface area (Å²) in [5.41, 5.74) is 0. The third-order valence-electron chi connectivity index (χ3n) is 1.13. The van der Waals surface area contributed by atoms with Gasteiger partial charge in [0, 0.05) is 19.4 Å². The van der Waals surface area contributed by atoms with Crippen LogP contribution in [0.3, 0.4) is 0 Å². The summed E-state index contributed by atoms with van der Waals surface area (Å²) in [5, 5.41) is 0. The highest BCUT2D eigenvalue weighted by Gasteiger charge is 2.00. The zero-order chi connectivity index (χ0) is 8.10. The van der Waals surface area contributed by atoms with Crippen LogP contribution >= 0.6 is 0 Å². The van der Waals surface area contributed by atoms with E-state index in [1.165, 1.54) is 0 Å². The van der Waals surface area contributed by atoms with Gasteiger partial charge in [-0.2, -0.15) is 4.98 Å². The quantitative estimate of drug-likeness (QED) is 0.598. The minimum absolute atomic E-state index is 0.293. The third-order valence-corrected chi connectivity index (χ3v) is 1.13. The van der Waals surface area contributed by atoms with Crippen molar-refractivity contribution in [2.75, 3.05) is 7.11 Å². The summed E-state index contributed by atoms with van der Waals surface area (Å²) in [7, 11) is 1.57. The van der Waals surface area contributed by atoms with E-state index in [2.05, 4.69) is 16.3 Å². The highest BCUT2D eigenvalue weighted by Crippen LogP contribution is 2.04. The maximum Gasteiger partial charge on any atom is 0.219 e. The summed E-state index contributed by atoms with van der Waals surface area (Å²) in [5.74, 6) is 0.467. The normalized spacial score (nSPS) is 12.5. The lowest BCUT2D eigenvalue weighted by molar-refractivity contribution is -0.0410. The van der Waals surface area contributed by atoms with Crippen molar-refractivity contribution in [3.05, 3.63) is 18.6 Å². The number of rotatable bonds is 3. The molecule has 1 radical (unpaired) electrons. The molecule has 59 valence electrons. The van der Waals surface area contributed by atoms with E-state index in [4.69, 9.17) is 9.47 Å². The van der Waals surface area contributed by atoms with E-state index < -0.39 is 0 Å². The van der Waals surface area contributed by atoms with Gasteiger partial charge >= 0.3 is 0 Å². The second kappa shape index (κ2) is 3.88. The van der Waals surface area contributed by atoms with Gasteiger partial charge in [-0.25, -0.2) is 4.98 Å². The van der Waals surface area contributed by atoms with Gasteiger partial charge < -0.3 is 9.47 Å². The van der Waals surface area contributed by atoms with Crippen molar-refractivity contribution in [1.82, 2.24) is 9.97 Å². The molecule has 1 aromatic rings. The Kier molecular flexibility index (Phi) is 2.80. The van der Waals surface area contributed by atoms with E-state index in [1.807, 2.05) is 0 Å². The summed E-state index contributed by atoms with van der Waals surface area (Å²) in [6, 6.07) is 1.64. The van der Waals surface area contributed by atoms with Gasteiger partial charge in [0.15, 0.2) is 6.29 Å². The Balaban J connectivity index is 2.51. The summed E-state index contributed by atoms with van der Waals surface area (Å²) in [4.78, 5) is 7.35. The molecule has 1 aromatic heterocycles. The van der Waals surface area contributed by atoms with Crippen molar-refractivity contribution in [3.63, 3.8) is 0 Å². The molecular formula is C7H9N2O2. The van der Waals surface area contributed by atoms with Crippen molar-refractivity contribution in [2.24, 2.45) is 0 Å². The minimum Gasteiger partial charge on any atom is -0.448 e. The smallest absolute Gasteiger partial charge is 0.219 e.